The molecule has 0 aliphatic rings. The number of nitrogens with zero attached hydrogens (tertiary/aromatic N) is 3. The van der Waals surface area contributed by atoms with Gasteiger partial charge in [0, 0.05) is 24.2 Å². The molecule has 8 heteroatoms. The number of benzene rings is 1. The third-order valence-electron chi connectivity index (χ3n) is 3.21. The molecular weight excluding hydrogens is 306 g/mol. The van der Waals surface area contributed by atoms with Crippen LogP contribution in [0.1, 0.15) is 5.56 Å². The zero-order chi connectivity index (χ0) is 15.5. The van der Waals surface area contributed by atoms with Crippen molar-refractivity contribution in [3.8, 4) is 11.5 Å². The van der Waals surface area contributed by atoms with Crippen molar-refractivity contribution < 1.29 is 9.47 Å². The molecule has 0 aliphatic heterocycles. The lowest BCUT2D eigenvalue weighted by molar-refractivity contribution is 0.391. The normalized spacial score (nSPS) is 10.7. The van der Waals surface area contributed by atoms with Gasteiger partial charge in [0.25, 0.3) is 0 Å². The van der Waals surface area contributed by atoms with E-state index in [4.69, 9.17) is 21.1 Å². The van der Waals surface area contributed by atoms with Crippen molar-refractivity contribution in [3.63, 3.8) is 0 Å². The monoisotopic (exact) mass is 319 g/mol. The number of pyridine rings is 1. The Morgan fingerprint density at radius 1 is 1.18 bits per heavy atom. The molecule has 0 bridgehead atoms. The van der Waals surface area contributed by atoms with Crippen LogP contribution in [0.4, 0.5) is 5.82 Å². The van der Waals surface area contributed by atoms with Gasteiger partial charge in [-0.05, 0) is 12.1 Å². The zero-order valence-corrected chi connectivity index (χ0v) is 12.8. The van der Waals surface area contributed by atoms with E-state index >= 15 is 0 Å². The van der Waals surface area contributed by atoms with Crippen LogP contribution >= 0.6 is 11.6 Å². The van der Waals surface area contributed by atoms with Gasteiger partial charge < -0.3 is 14.8 Å². The Hall–Kier alpha value is -2.54. The minimum atomic E-state index is 0.352. The van der Waals surface area contributed by atoms with Crippen molar-refractivity contribution in [2.24, 2.45) is 0 Å². The molecule has 2 N–H and O–H groups in total. The second-order valence-electron chi connectivity index (χ2n) is 4.52. The first-order valence-corrected chi connectivity index (χ1v) is 6.91. The average Bonchev–Trinajstić information content (AvgIpc) is 3.00. The lowest BCUT2D eigenvalue weighted by Crippen LogP contribution is -2.04. The number of methoxy groups -OCH3 is 2. The summed E-state index contributed by atoms with van der Waals surface area (Å²) in [6.07, 6.45) is 0. The lowest BCUT2D eigenvalue weighted by atomic mass is 10.2. The molecule has 2 aromatic heterocycles. The number of nitrogens with one attached hydrogen (secondary N) is 2. The summed E-state index contributed by atoms with van der Waals surface area (Å²) in [6, 6.07) is 7.28. The summed E-state index contributed by atoms with van der Waals surface area (Å²) in [5.74, 6) is 2.03. The van der Waals surface area contributed by atoms with E-state index in [1.165, 1.54) is 0 Å². The van der Waals surface area contributed by atoms with Crippen LogP contribution in [0.5, 0.6) is 11.5 Å². The van der Waals surface area contributed by atoms with E-state index in [0.29, 0.717) is 28.5 Å². The van der Waals surface area contributed by atoms with Crippen molar-refractivity contribution in [1.29, 1.82) is 0 Å². The SMILES string of the molecule is COc1ccc(CNc2nc(Cl)cc3n[nH]nc23)c(OC)c1. The molecule has 22 heavy (non-hydrogen) atoms. The predicted molar refractivity (Wildman–Crippen MR) is 83.6 cm³/mol. The lowest BCUT2D eigenvalue weighted by Gasteiger charge is -2.11. The summed E-state index contributed by atoms with van der Waals surface area (Å²) in [5.41, 5.74) is 2.25. The van der Waals surface area contributed by atoms with Gasteiger partial charge in [0.2, 0.25) is 0 Å². The fourth-order valence-electron chi connectivity index (χ4n) is 2.12. The summed E-state index contributed by atoms with van der Waals surface area (Å²) in [7, 11) is 3.23. The zero-order valence-electron chi connectivity index (χ0n) is 12.1. The molecule has 0 amide bonds. The van der Waals surface area contributed by atoms with Crippen molar-refractivity contribution in [2.45, 2.75) is 6.54 Å². The van der Waals surface area contributed by atoms with Crippen LogP contribution < -0.4 is 14.8 Å². The van der Waals surface area contributed by atoms with Gasteiger partial charge in [-0.25, -0.2) is 4.98 Å². The summed E-state index contributed by atoms with van der Waals surface area (Å²) < 4.78 is 10.6. The Morgan fingerprint density at radius 3 is 2.82 bits per heavy atom. The third-order valence-corrected chi connectivity index (χ3v) is 3.41. The van der Waals surface area contributed by atoms with Gasteiger partial charge in [-0.3, -0.25) is 0 Å². The number of anilines is 1. The Bertz CT molecular complexity index is 805. The standard InChI is InChI=1S/C14H14ClN5O2/c1-21-9-4-3-8(11(5-9)22-2)7-16-14-13-10(18-20-19-13)6-12(15)17-14/h3-6H,7H2,1-2H3,(H,16,17)(H,18,19,20). The fourth-order valence-corrected chi connectivity index (χ4v) is 2.31. The van der Waals surface area contributed by atoms with Crippen LogP contribution in [0, 0.1) is 0 Å². The molecule has 0 aliphatic carbocycles. The van der Waals surface area contributed by atoms with Crippen LogP contribution in [-0.4, -0.2) is 34.6 Å². The van der Waals surface area contributed by atoms with E-state index in [9.17, 15) is 0 Å². The second kappa shape index (κ2) is 6.07. The van der Waals surface area contributed by atoms with Crippen LogP contribution in [0.15, 0.2) is 24.3 Å². The summed E-state index contributed by atoms with van der Waals surface area (Å²) >= 11 is 5.99. The van der Waals surface area contributed by atoms with Crippen LogP contribution in [0.2, 0.25) is 5.15 Å². The van der Waals surface area contributed by atoms with E-state index in [0.717, 1.165) is 17.1 Å². The molecule has 3 rings (SSSR count). The highest BCUT2D eigenvalue weighted by atomic mass is 35.5. The van der Waals surface area contributed by atoms with Gasteiger partial charge in [-0.2, -0.15) is 15.4 Å². The maximum atomic E-state index is 5.99. The third kappa shape index (κ3) is 2.75. The van der Waals surface area contributed by atoms with Crippen molar-refractivity contribution in [2.75, 3.05) is 19.5 Å². The van der Waals surface area contributed by atoms with E-state index in [-0.39, 0.29) is 0 Å². The summed E-state index contributed by atoms with van der Waals surface area (Å²) in [6.45, 7) is 0.502. The average molecular weight is 320 g/mol. The number of rotatable bonds is 5. The van der Waals surface area contributed by atoms with Gasteiger partial charge in [-0.1, -0.05) is 11.6 Å². The molecule has 0 unspecified atom stereocenters. The largest absolute Gasteiger partial charge is 0.497 e. The van der Waals surface area contributed by atoms with Crippen LogP contribution in [0.3, 0.4) is 0 Å². The molecule has 3 aromatic rings. The minimum absolute atomic E-state index is 0.352. The molecule has 1 aromatic carbocycles. The highest BCUT2D eigenvalue weighted by Gasteiger charge is 2.10. The number of H-pyrrole nitrogens is 1. The van der Waals surface area contributed by atoms with Gasteiger partial charge in [0.15, 0.2) is 11.3 Å². The number of fused-ring (bicyclic) bond motifs is 1. The van der Waals surface area contributed by atoms with Crippen molar-refractivity contribution in [3.05, 3.63) is 35.0 Å². The van der Waals surface area contributed by atoms with Crippen LogP contribution in [-0.2, 0) is 6.54 Å². The predicted octanol–water partition coefficient (Wildman–Crippen LogP) is 2.64. The van der Waals surface area contributed by atoms with Gasteiger partial charge in [0.05, 0.1) is 14.2 Å². The number of hydrogen-bond acceptors (Lipinski definition) is 6. The summed E-state index contributed by atoms with van der Waals surface area (Å²) in [4.78, 5) is 4.24. The van der Waals surface area contributed by atoms with E-state index in [1.807, 2.05) is 18.2 Å². The van der Waals surface area contributed by atoms with Crippen LogP contribution in [0.25, 0.3) is 11.0 Å². The molecule has 7 nitrogen and oxygen atoms in total. The number of ether oxygens (including phenoxy) is 2. The Balaban J connectivity index is 1.86. The smallest absolute Gasteiger partial charge is 0.158 e. The summed E-state index contributed by atoms with van der Waals surface area (Å²) in [5, 5.41) is 14.2. The highest BCUT2D eigenvalue weighted by Crippen LogP contribution is 2.26. The molecule has 0 fully saturated rings. The maximum Gasteiger partial charge on any atom is 0.158 e. The molecule has 114 valence electrons. The van der Waals surface area contributed by atoms with Gasteiger partial charge >= 0.3 is 0 Å². The molecule has 0 saturated carbocycles. The highest BCUT2D eigenvalue weighted by molar-refractivity contribution is 6.30. The first kappa shape index (κ1) is 14.4. The fraction of sp³-hybridized carbons (Fsp3) is 0.214. The Labute approximate surface area is 131 Å². The molecule has 0 spiro atoms. The molecule has 0 atom stereocenters. The number of halogens is 1. The van der Waals surface area contributed by atoms with Gasteiger partial charge in [0.1, 0.15) is 22.2 Å². The molecule has 0 radical (unpaired) electrons. The molecular formula is C14H14ClN5O2. The quantitative estimate of drug-likeness (QED) is 0.703. The van der Waals surface area contributed by atoms with E-state index in [2.05, 4.69) is 25.7 Å². The second-order valence-corrected chi connectivity index (χ2v) is 4.90. The molecule has 2 heterocycles. The number of aromatic amines is 1. The minimum Gasteiger partial charge on any atom is -0.497 e. The van der Waals surface area contributed by atoms with Crippen molar-refractivity contribution in [1.82, 2.24) is 20.4 Å². The van der Waals surface area contributed by atoms with E-state index in [1.54, 1.807) is 20.3 Å². The maximum absolute atomic E-state index is 5.99. The topological polar surface area (TPSA) is 85.0 Å². The molecule has 0 saturated heterocycles. The first-order valence-electron chi connectivity index (χ1n) is 6.53. The Kier molecular flexibility index (Phi) is 3.97. The number of aromatic nitrogens is 4. The van der Waals surface area contributed by atoms with E-state index < -0.39 is 0 Å². The Morgan fingerprint density at radius 2 is 2.05 bits per heavy atom. The first-order chi connectivity index (χ1) is 10.7. The number of hydrogen-bond donors (Lipinski definition) is 2. The van der Waals surface area contributed by atoms with Gasteiger partial charge in [-0.15, -0.1) is 0 Å². The van der Waals surface area contributed by atoms with Crippen molar-refractivity contribution >= 4 is 28.5 Å².